The van der Waals surface area contributed by atoms with Gasteiger partial charge in [0.1, 0.15) is 5.76 Å². The summed E-state index contributed by atoms with van der Waals surface area (Å²) in [6.45, 7) is 1.59. The van der Waals surface area contributed by atoms with Gasteiger partial charge in [-0.05, 0) is 13.0 Å². The van der Waals surface area contributed by atoms with Crippen molar-refractivity contribution < 1.29 is 9.21 Å². The first-order chi connectivity index (χ1) is 5.27. The van der Waals surface area contributed by atoms with Crippen molar-refractivity contribution in [2.45, 2.75) is 19.4 Å². The molecule has 1 aliphatic rings. The summed E-state index contributed by atoms with van der Waals surface area (Å²) in [6, 6.07) is 1.78. The molecule has 3 heteroatoms. The fourth-order valence-electron chi connectivity index (χ4n) is 1.30. The Kier molecular flexibility index (Phi) is 1.24. The van der Waals surface area contributed by atoms with E-state index >= 15 is 0 Å². The highest BCUT2D eigenvalue weighted by atomic mass is 16.3. The van der Waals surface area contributed by atoms with Crippen LogP contribution >= 0.6 is 0 Å². The lowest BCUT2D eigenvalue weighted by molar-refractivity contribution is -0.117. The van der Waals surface area contributed by atoms with Crippen LogP contribution in [0.2, 0.25) is 0 Å². The zero-order chi connectivity index (χ0) is 7.84. The summed E-state index contributed by atoms with van der Waals surface area (Å²) >= 11 is 0. The molecule has 1 aromatic heterocycles. The van der Waals surface area contributed by atoms with E-state index in [1.165, 1.54) is 0 Å². The summed E-state index contributed by atoms with van der Waals surface area (Å²) in [7, 11) is 0. The van der Waals surface area contributed by atoms with Gasteiger partial charge in [-0.3, -0.25) is 4.79 Å². The van der Waals surface area contributed by atoms with Gasteiger partial charge in [-0.2, -0.15) is 0 Å². The van der Waals surface area contributed by atoms with Crippen molar-refractivity contribution in [2.75, 3.05) is 5.32 Å². The van der Waals surface area contributed by atoms with Crippen molar-refractivity contribution in [1.29, 1.82) is 0 Å². The third-order valence-electron chi connectivity index (χ3n) is 1.96. The molecule has 0 aromatic carbocycles. The molecule has 0 aliphatic carbocycles. The number of carbonyl (C=O) groups is 1. The first kappa shape index (κ1) is 6.46. The van der Waals surface area contributed by atoms with Crippen LogP contribution in [-0.2, 0) is 11.2 Å². The zero-order valence-electron chi connectivity index (χ0n) is 6.26. The number of anilines is 1. The molecule has 3 nitrogen and oxygen atoms in total. The van der Waals surface area contributed by atoms with Crippen molar-refractivity contribution in [3.05, 3.63) is 18.1 Å². The van der Waals surface area contributed by atoms with Crippen molar-refractivity contribution >= 4 is 11.5 Å². The quantitative estimate of drug-likeness (QED) is 0.655. The Morgan fingerprint density at radius 3 is 3.27 bits per heavy atom. The number of carbonyl (C=O) groups excluding carboxylic acids is 1. The van der Waals surface area contributed by atoms with Gasteiger partial charge in [0, 0.05) is 6.42 Å². The van der Waals surface area contributed by atoms with Crippen LogP contribution in [0.15, 0.2) is 16.7 Å². The number of Topliss-reactive ketones (excluding diaryl/α,β-unsaturated/α-hetero) is 1. The largest absolute Gasteiger partial charge is 0.467 e. The van der Waals surface area contributed by atoms with Crippen LogP contribution in [0, 0.1) is 0 Å². The normalized spacial score (nSPS) is 21.0. The van der Waals surface area contributed by atoms with Crippen LogP contribution in [0.3, 0.4) is 0 Å². The molecule has 0 fully saturated rings. The number of ketones is 1. The van der Waals surface area contributed by atoms with Crippen LogP contribution in [0.1, 0.15) is 12.7 Å². The molecule has 1 N–H and O–H groups in total. The Balaban J connectivity index is 2.22. The van der Waals surface area contributed by atoms with Crippen molar-refractivity contribution in [2.24, 2.45) is 0 Å². The van der Waals surface area contributed by atoms with Gasteiger partial charge < -0.3 is 9.73 Å². The van der Waals surface area contributed by atoms with E-state index in [9.17, 15) is 4.79 Å². The van der Waals surface area contributed by atoms with E-state index in [1.807, 2.05) is 6.07 Å². The minimum Gasteiger partial charge on any atom is -0.467 e. The first-order valence-electron chi connectivity index (χ1n) is 3.61. The average Bonchev–Trinajstić information content (AvgIpc) is 2.40. The highest BCUT2D eigenvalue weighted by molar-refractivity contribution is 5.86. The molecule has 58 valence electrons. The van der Waals surface area contributed by atoms with Gasteiger partial charge in [0.05, 0.1) is 18.0 Å². The number of nitrogens with one attached hydrogen (secondary N) is 1. The molecule has 1 atom stereocenters. The number of hydrogen-bond donors (Lipinski definition) is 1. The van der Waals surface area contributed by atoms with Gasteiger partial charge >= 0.3 is 0 Å². The second-order valence-corrected chi connectivity index (χ2v) is 2.77. The van der Waals surface area contributed by atoms with E-state index < -0.39 is 0 Å². The molecule has 0 saturated heterocycles. The lowest BCUT2D eigenvalue weighted by Crippen LogP contribution is -2.24. The fraction of sp³-hybridized carbons (Fsp3) is 0.375. The Morgan fingerprint density at radius 1 is 1.82 bits per heavy atom. The molecule has 0 saturated carbocycles. The summed E-state index contributed by atoms with van der Waals surface area (Å²) in [4.78, 5) is 10.9. The molecule has 2 heterocycles. The Hall–Kier alpha value is -1.25. The maximum atomic E-state index is 10.9. The van der Waals surface area contributed by atoms with E-state index in [1.54, 1.807) is 13.2 Å². The zero-order valence-corrected chi connectivity index (χ0v) is 6.26. The molecule has 1 aromatic rings. The molecular formula is C8H9NO2. The van der Waals surface area contributed by atoms with E-state index in [-0.39, 0.29) is 11.8 Å². The molecule has 0 bridgehead atoms. The van der Waals surface area contributed by atoms with Crippen LogP contribution in [0.4, 0.5) is 5.69 Å². The second-order valence-electron chi connectivity index (χ2n) is 2.77. The molecular weight excluding hydrogens is 142 g/mol. The Morgan fingerprint density at radius 2 is 2.64 bits per heavy atom. The van der Waals surface area contributed by atoms with Crippen LogP contribution in [-0.4, -0.2) is 11.8 Å². The summed E-state index contributed by atoms with van der Waals surface area (Å²) in [5, 5.41) is 3.07. The molecule has 0 radical (unpaired) electrons. The first-order valence-corrected chi connectivity index (χ1v) is 3.61. The van der Waals surface area contributed by atoms with Crippen LogP contribution < -0.4 is 5.32 Å². The molecule has 11 heavy (non-hydrogen) atoms. The summed E-state index contributed by atoms with van der Waals surface area (Å²) in [6.07, 6.45) is 2.33. The van der Waals surface area contributed by atoms with Gasteiger partial charge in [0.2, 0.25) is 0 Å². The predicted molar refractivity (Wildman–Crippen MR) is 40.5 cm³/mol. The molecule has 1 aliphatic heterocycles. The topological polar surface area (TPSA) is 42.2 Å². The van der Waals surface area contributed by atoms with Crippen LogP contribution in [0.5, 0.6) is 0 Å². The number of furan rings is 1. The van der Waals surface area contributed by atoms with Gasteiger partial charge in [0.15, 0.2) is 5.78 Å². The van der Waals surface area contributed by atoms with Gasteiger partial charge in [0.25, 0.3) is 0 Å². The highest BCUT2D eigenvalue weighted by Gasteiger charge is 2.25. The molecule has 2 rings (SSSR count). The van der Waals surface area contributed by atoms with Crippen molar-refractivity contribution in [3.8, 4) is 0 Å². The fourth-order valence-corrected chi connectivity index (χ4v) is 1.30. The van der Waals surface area contributed by atoms with Crippen molar-refractivity contribution in [3.63, 3.8) is 0 Å². The predicted octanol–water partition coefficient (Wildman–Crippen LogP) is 1.21. The lowest BCUT2D eigenvalue weighted by Gasteiger charge is -2.04. The van der Waals surface area contributed by atoms with E-state index in [4.69, 9.17) is 4.42 Å². The average molecular weight is 151 g/mol. The molecule has 1 unspecified atom stereocenters. The van der Waals surface area contributed by atoms with E-state index in [0.29, 0.717) is 6.42 Å². The van der Waals surface area contributed by atoms with Gasteiger partial charge in [-0.15, -0.1) is 0 Å². The van der Waals surface area contributed by atoms with E-state index in [2.05, 4.69) is 5.32 Å². The highest BCUT2D eigenvalue weighted by Crippen LogP contribution is 2.26. The maximum absolute atomic E-state index is 10.9. The minimum atomic E-state index is -0.0649. The standard InChI is InChI=1S/C8H9NO2/c1-5(10)7-4-8-6(9-7)2-3-11-8/h2-3,7,9H,4H2,1H3. The number of rotatable bonds is 1. The van der Waals surface area contributed by atoms with Crippen molar-refractivity contribution in [1.82, 2.24) is 0 Å². The lowest BCUT2D eigenvalue weighted by atomic mass is 10.2. The number of fused-ring (bicyclic) bond motifs is 1. The number of hydrogen-bond acceptors (Lipinski definition) is 3. The van der Waals surface area contributed by atoms with Gasteiger partial charge in [-0.25, -0.2) is 0 Å². The summed E-state index contributed by atoms with van der Waals surface area (Å²) < 4.78 is 5.14. The maximum Gasteiger partial charge on any atom is 0.152 e. The SMILES string of the molecule is CC(=O)C1Cc2occc2N1. The third-order valence-corrected chi connectivity index (χ3v) is 1.96. The molecule has 0 amide bonds. The summed E-state index contributed by atoms with van der Waals surface area (Å²) in [5.41, 5.74) is 0.963. The summed E-state index contributed by atoms with van der Waals surface area (Å²) in [5.74, 6) is 1.06. The minimum absolute atomic E-state index is 0.0649. The van der Waals surface area contributed by atoms with Crippen LogP contribution in [0.25, 0.3) is 0 Å². The Labute approximate surface area is 64.4 Å². The van der Waals surface area contributed by atoms with Gasteiger partial charge in [-0.1, -0.05) is 0 Å². The molecule has 0 spiro atoms. The Bertz CT molecular complexity index is 270. The smallest absolute Gasteiger partial charge is 0.152 e. The second kappa shape index (κ2) is 2.12. The third kappa shape index (κ3) is 0.926. The monoisotopic (exact) mass is 151 g/mol. The van der Waals surface area contributed by atoms with E-state index in [0.717, 1.165) is 11.4 Å².